The fourth-order valence-corrected chi connectivity index (χ4v) is 1.90. The lowest BCUT2D eigenvalue weighted by Gasteiger charge is -2.13. The summed E-state index contributed by atoms with van der Waals surface area (Å²) in [4.78, 5) is 12.0. The molecule has 0 aliphatic rings. The zero-order chi connectivity index (χ0) is 17.0. The van der Waals surface area contributed by atoms with E-state index in [1.807, 2.05) is 0 Å². The first-order valence-electron chi connectivity index (χ1n) is 6.44. The Morgan fingerprint density at radius 3 is 2.35 bits per heavy atom. The van der Waals surface area contributed by atoms with Gasteiger partial charge in [0, 0.05) is 5.56 Å². The van der Waals surface area contributed by atoms with Gasteiger partial charge in [0.25, 0.3) is 5.91 Å². The molecule has 7 heteroatoms. The Kier molecular flexibility index (Phi) is 4.65. The molecule has 0 saturated heterocycles. The van der Waals surface area contributed by atoms with Crippen LogP contribution in [-0.2, 0) is 6.18 Å². The van der Waals surface area contributed by atoms with E-state index in [1.165, 1.54) is 18.2 Å². The predicted molar refractivity (Wildman–Crippen MR) is 73.7 cm³/mol. The number of nitrogens with one attached hydrogen (secondary N) is 1. The highest BCUT2D eigenvalue weighted by atomic mass is 19.4. The van der Waals surface area contributed by atoms with Crippen LogP contribution in [0, 0.1) is 17.1 Å². The van der Waals surface area contributed by atoms with Crippen molar-refractivity contribution in [3.05, 3.63) is 71.0 Å². The van der Waals surface area contributed by atoms with Gasteiger partial charge in [-0.2, -0.15) is 18.4 Å². The number of amides is 1. The van der Waals surface area contributed by atoms with Crippen LogP contribution in [0.5, 0.6) is 0 Å². The minimum absolute atomic E-state index is 0.220. The number of nitriles is 1. The van der Waals surface area contributed by atoms with Gasteiger partial charge in [0.2, 0.25) is 0 Å². The van der Waals surface area contributed by atoms with Crippen LogP contribution in [0.4, 0.5) is 17.6 Å². The molecule has 0 heterocycles. The van der Waals surface area contributed by atoms with Gasteiger partial charge in [-0.25, -0.2) is 4.39 Å². The lowest BCUT2D eigenvalue weighted by atomic mass is 10.1. The summed E-state index contributed by atoms with van der Waals surface area (Å²) in [6.07, 6.45) is -4.57. The molecule has 2 aromatic carbocycles. The predicted octanol–water partition coefficient (Wildman–Crippen LogP) is 3.84. The summed E-state index contributed by atoms with van der Waals surface area (Å²) in [5.74, 6) is -1.33. The van der Waals surface area contributed by atoms with Gasteiger partial charge in [0.1, 0.15) is 11.9 Å². The van der Waals surface area contributed by atoms with Crippen molar-refractivity contribution in [1.82, 2.24) is 5.32 Å². The largest absolute Gasteiger partial charge is 0.416 e. The first kappa shape index (κ1) is 16.5. The minimum atomic E-state index is -4.57. The molecule has 0 unspecified atom stereocenters. The van der Waals surface area contributed by atoms with E-state index < -0.39 is 29.5 Å². The first-order chi connectivity index (χ1) is 10.8. The Morgan fingerprint density at radius 2 is 1.78 bits per heavy atom. The molecule has 118 valence electrons. The monoisotopic (exact) mass is 322 g/mol. The lowest BCUT2D eigenvalue weighted by molar-refractivity contribution is -0.137. The highest BCUT2D eigenvalue weighted by Gasteiger charge is 2.31. The van der Waals surface area contributed by atoms with Crippen LogP contribution in [0.25, 0.3) is 0 Å². The van der Waals surface area contributed by atoms with Gasteiger partial charge in [-0.15, -0.1) is 0 Å². The van der Waals surface area contributed by atoms with E-state index in [-0.39, 0.29) is 5.56 Å². The maximum Gasteiger partial charge on any atom is 0.416 e. The SMILES string of the molecule is N#C[C@@H](NC(=O)c1cccc(C(F)(F)F)c1)c1ccc(F)cc1. The number of benzene rings is 2. The molecule has 1 amide bonds. The normalized spacial score (nSPS) is 12.3. The van der Waals surface area contributed by atoms with Crippen molar-refractivity contribution in [1.29, 1.82) is 5.26 Å². The van der Waals surface area contributed by atoms with Crippen molar-refractivity contribution in [2.45, 2.75) is 12.2 Å². The van der Waals surface area contributed by atoms with Crippen molar-refractivity contribution in [3.8, 4) is 6.07 Å². The van der Waals surface area contributed by atoms with E-state index in [4.69, 9.17) is 5.26 Å². The summed E-state index contributed by atoms with van der Waals surface area (Å²) < 4.78 is 50.8. The fourth-order valence-electron chi connectivity index (χ4n) is 1.90. The molecule has 0 bridgehead atoms. The van der Waals surface area contributed by atoms with Gasteiger partial charge in [0.15, 0.2) is 0 Å². The number of carbonyl (C=O) groups excluding carboxylic acids is 1. The Labute approximate surface area is 129 Å². The number of hydrogen-bond donors (Lipinski definition) is 1. The number of alkyl halides is 3. The topological polar surface area (TPSA) is 52.9 Å². The number of rotatable bonds is 3. The summed E-state index contributed by atoms with van der Waals surface area (Å²) in [6.45, 7) is 0. The van der Waals surface area contributed by atoms with Crippen LogP contribution < -0.4 is 5.32 Å². The van der Waals surface area contributed by atoms with Crippen molar-refractivity contribution < 1.29 is 22.4 Å². The molecule has 1 N–H and O–H groups in total. The third-order valence-electron chi connectivity index (χ3n) is 3.06. The van der Waals surface area contributed by atoms with Gasteiger partial charge in [-0.3, -0.25) is 4.79 Å². The Balaban J connectivity index is 2.21. The second-order valence-corrected chi connectivity index (χ2v) is 4.67. The Bertz CT molecular complexity index is 748. The van der Waals surface area contributed by atoms with Crippen molar-refractivity contribution in [3.63, 3.8) is 0 Å². The third-order valence-corrected chi connectivity index (χ3v) is 3.06. The molecule has 0 aromatic heterocycles. The molecule has 0 fully saturated rings. The first-order valence-corrected chi connectivity index (χ1v) is 6.44. The van der Waals surface area contributed by atoms with Crippen molar-refractivity contribution >= 4 is 5.91 Å². The van der Waals surface area contributed by atoms with E-state index in [2.05, 4.69) is 5.32 Å². The quantitative estimate of drug-likeness (QED) is 0.873. The van der Waals surface area contributed by atoms with Gasteiger partial charge in [-0.05, 0) is 35.9 Å². The Morgan fingerprint density at radius 1 is 1.13 bits per heavy atom. The zero-order valence-corrected chi connectivity index (χ0v) is 11.6. The van der Waals surface area contributed by atoms with E-state index in [1.54, 1.807) is 6.07 Å². The van der Waals surface area contributed by atoms with E-state index in [0.717, 1.165) is 24.3 Å². The van der Waals surface area contributed by atoms with E-state index >= 15 is 0 Å². The maximum absolute atomic E-state index is 12.9. The highest BCUT2D eigenvalue weighted by molar-refractivity contribution is 5.94. The molecular weight excluding hydrogens is 312 g/mol. The number of halogens is 4. The van der Waals surface area contributed by atoms with Crippen LogP contribution in [0.1, 0.15) is 27.5 Å². The zero-order valence-electron chi connectivity index (χ0n) is 11.6. The molecule has 0 saturated carbocycles. The molecule has 0 aliphatic heterocycles. The smallest absolute Gasteiger partial charge is 0.333 e. The van der Waals surface area contributed by atoms with Gasteiger partial charge in [0.05, 0.1) is 11.6 Å². The molecule has 0 aliphatic carbocycles. The summed E-state index contributed by atoms with van der Waals surface area (Å²) in [6, 6.07) is 9.45. The van der Waals surface area contributed by atoms with E-state index in [0.29, 0.717) is 11.6 Å². The lowest BCUT2D eigenvalue weighted by Crippen LogP contribution is -2.27. The average Bonchev–Trinajstić information content (AvgIpc) is 2.52. The third kappa shape index (κ3) is 4.07. The summed E-state index contributed by atoms with van der Waals surface area (Å²) in [5, 5.41) is 11.4. The molecule has 2 aromatic rings. The summed E-state index contributed by atoms with van der Waals surface area (Å²) in [7, 11) is 0. The fraction of sp³-hybridized carbons (Fsp3) is 0.125. The van der Waals surface area contributed by atoms with Crippen LogP contribution in [0.3, 0.4) is 0 Å². The van der Waals surface area contributed by atoms with Crippen LogP contribution in [-0.4, -0.2) is 5.91 Å². The van der Waals surface area contributed by atoms with Crippen LogP contribution >= 0.6 is 0 Å². The summed E-state index contributed by atoms with van der Waals surface area (Å²) >= 11 is 0. The highest BCUT2D eigenvalue weighted by Crippen LogP contribution is 2.29. The van der Waals surface area contributed by atoms with Gasteiger partial charge < -0.3 is 5.32 Å². The number of nitrogens with zero attached hydrogens (tertiary/aromatic N) is 1. The molecule has 0 radical (unpaired) electrons. The molecule has 23 heavy (non-hydrogen) atoms. The van der Waals surface area contributed by atoms with Crippen molar-refractivity contribution in [2.24, 2.45) is 0 Å². The van der Waals surface area contributed by atoms with Gasteiger partial charge >= 0.3 is 6.18 Å². The maximum atomic E-state index is 12.9. The summed E-state index contributed by atoms with van der Waals surface area (Å²) in [5.41, 5.74) is -0.850. The van der Waals surface area contributed by atoms with Crippen LogP contribution in [0.2, 0.25) is 0 Å². The molecule has 3 nitrogen and oxygen atoms in total. The molecule has 1 atom stereocenters. The molecular formula is C16H10F4N2O. The Hall–Kier alpha value is -2.88. The second kappa shape index (κ2) is 6.48. The van der Waals surface area contributed by atoms with Gasteiger partial charge in [-0.1, -0.05) is 18.2 Å². The number of carbonyl (C=O) groups is 1. The molecule has 0 spiro atoms. The van der Waals surface area contributed by atoms with Crippen molar-refractivity contribution in [2.75, 3.05) is 0 Å². The second-order valence-electron chi connectivity index (χ2n) is 4.67. The van der Waals surface area contributed by atoms with E-state index in [9.17, 15) is 22.4 Å². The number of hydrogen-bond acceptors (Lipinski definition) is 2. The average molecular weight is 322 g/mol. The standard InChI is InChI=1S/C16H10F4N2O/c17-13-6-4-10(5-7-13)14(9-21)22-15(23)11-2-1-3-12(8-11)16(18,19)20/h1-8,14H,(H,22,23)/t14-/m1/s1. The minimum Gasteiger partial charge on any atom is -0.333 e. The van der Waals surface area contributed by atoms with Crippen LogP contribution in [0.15, 0.2) is 48.5 Å². The molecule has 2 rings (SSSR count).